The number of aryl methyl sites for hydroxylation is 1. The molecule has 0 saturated heterocycles. The van der Waals surface area contributed by atoms with E-state index in [-0.39, 0.29) is 15.5 Å². The summed E-state index contributed by atoms with van der Waals surface area (Å²) in [5.41, 5.74) is 2.19. The first-order valence-corrected chi connectivity index (χ1v) is 11.1. The van der Waals surface area contributed by atoms with Gasteiger partial charge in [-0.15, -0.1) is 0 Å². The van der Waals surface area contributed by atoms with Crippen molar-refractivity contribution in [3.05, 3.63) is 64.8 Å². The predicted molar refractivity (Wildman–Crippen MR) is 116 cm³/mol. The third-order valence-electron chi connectivity index (χ3n) is 4.62. The largest absolute Gasteiger partial charge is 0.321 e. The average Bonchev–Trinajstić information content (AvgIpc) is 2.68. The lowest BCUT2D eigenvalue weighted by Gasteiger charge is -2.19. The van der Waals surface area contributed by atoms with Crippen LogP contribution in [0.15, 0.2) is 53.4 Å². The number of pyridine rings is 1. The second-order valence-corrected chi connectivity index (χ2v) is 8.86. The summed E-state index contributed by atoms with van der Waals surface area (Å²) in [5, 5.41) is 3.81. The van der Waals surface area contributed by atoms with E-state index in [0.717, 1.165) is 16.6 Å². The van der Waals surface area contributed by atoms with Crippen LogP contribution in [0.4, 0.5) is 5.69 Å². The first-order chi connectivity index (χ1) is 13.8. The normalized spacial score (nSPS) is 11.8. The molecule has 0 aliphatic rings. The Hall–Kier alpha value is -2.48. The number of hydrogen-bond acceptors (Lipinski definition) is 4. The molecule has 0 spiro atoms. The van der Waals surface area contributed by atoms with Crippen LogP contribution in [0.3, 0.4) is 0 Å². The number of nitrogens with zero attached hydrogens (tertiary/aromatic N) is 2. The highest BCUT2D eigenvalue weighted by Crippen LogP contribution is 2.27. The van der Waals surface area contributed by atoms with Gasteiger partial charge in [-0.1, -0.05) is 43.6 Å². The molecule has 0 aliphatic carbocycles. The number of amides is 1. The van der Waals surface area contributed by atoms with Gasteiger partial charge in [-0.3, -0.25) is 9.78 Å². The molecular weight excluding hydrogens is 410 g/mol. The van der Waals surface area contributed by atoms with Crippen molar-refractivity contribution in [1.82, 2.24) is 9.29 Å². The number of aromatic nitrogens is 1. The summed E-state index contributed by atoms with van der Waals surface area (Å²) in [6, 6.07) is 13.4. The number of sulfonamides is 1. The topological polar surface area (TPSA) is 79.4 Å². The Bertz CT molecular complexity index is 1180. The molecule has 0 radical (unpaired) electrons. The van der Waals surface area contributed by atoms with E-state index < -0.39 is 15.9 Å². The van der Waals surface area contributed by atoms with Gasteiger partial charge in [-0.25, -0.2) is 8.42 Å². The van der Waals surface area contributed by atoms with Crippen molar-refractivity contribution in [2.45, 2.75) is 25.7 Å². The monoisotopic (exact) mass is 431 g/mol. The van der Waals surface area contributed by atoms with Crippen LogP contribution in [-0.2, 0) is 10.0 Å². The molecule has 3 aromatic rings. The summed E-state index contributed by atoms with van der Waals surface area (Å²) < 4.78 is 26.9. The van der Waals surface area contributed by atoms with Gasteiger partial charge in [-0.2, -0.15) is 4.31 Å². The molecule has 0 bridgehead atoms. The molecule has 1 N–H and O–H groups in total. The summed E-state index contributed by atoms with van der Waals surface area (Å²) in [5.74, 6) is -0.484. The van der Waals surface area contributed by atoms with Crippen LogP contribution < -0.4 is 5.32 Å². The number of anilines is 1. The first kappa shape index (κ1) is 21.2. The van der Waals surface area contributed by atoms with Crippen LogP contribution in [0.25, 0.3) is 10.9 Å². The van der Waals surface area contributed by atoms with E-state index in [0.29, 0.717) is 18.8 Å². The third kappa shape index (κ3) is 4.27. The highest BCUT2D eigenvalue weighted by atomic mass is 35.5. The summed E-state index contributed by atoms with van der Waals surface area (Å²) >= 11 is 6.22. The maximum absolute atomic E-state index is 13.0. The quantitative estimate of drug-likeness (QED) is 0.624. The van der Waals surface area contributed by atoms with Gasteiger partial charge in [0.15, 0.2) is 0 Å². The Morgan fingerprint density at radius 1 is 1.10 bits per heavy atom. The lowest BCUT2D eigenvalue weighted by atomic mass is 10.1. The van der Waals surface area contributed by atoms with Crippen LogP contribution in [-0.4, -0.2) is 36.7 Å². The Balaban J connectivity index is 2.01. The SMILES string of the molecule is CCN(CC)S(=O)(=O)c1ccc(Cl)c(C(=O)Nc2cc(C)nc3ccccc23)c1. The van der Waals surface area contributed by atoms with Gasteiger partial charge in [0.25, 0.3) is 5.91 Å². The first-order valence-electron chi connectivity index (χ1n) is 9.25. The van der Waals surface area contributed by atoms with Crippen molar-refractivity contribution < 1.29 is 13.2 Å². The second kappa shape index (κ2) is 8.49. The van der Waals surface area contributed by atoms with Crippen molar-refractivity contribution in [2.75, 3.05) is 18.4 Å². The minimum absolute atomic E-state index is 0.0338. The fourth-order valence-electron chi connectivity index (χ4n) is 3.15. The van der Waals surface area contributed by atoms with Gasteiger partial charge in [0.1, 0.15) is 0 Å². The van der Waals surface area contributed by atoms with Gasteiger partial charge in [0, 0.05) is 24.2 Å². The van der Waals surface area contributed by atoms with Crippen LogP contribution in [0.1, 0.15) is 29.9 Å². The third-order valence-corrected chi connectivity index (χ3v) is 6.99. The lowest BCUT2D eigenvalue weighted by Crippen LogP contribution is -2.30. The Morgan fingerprint density at radius 3 is 2.48 bits per heavy atom. The van der Waals surface area contributed by atoms with E-state index >= 15 is 0 Å². The number of carbonyl (C=O) groups excluding carboxylic acids is 1. The molecular formula is C21H22ClN3O3S. The molecule has 1 amide bonds. The van der Waals surface area contributed by atoms with E-state index in [1.807, 2.05) is 31.2 Å². The number of para-hydroxylation sites is 1. The van der Waals surface area contributed by atoms with E-state index in [4.69, 9.17) is 11.6 Å². The molecule has 29 heavy (non-hydrogen) atoms. The van der Waals surface area contributed by atoms with Gasteiger partial charge >= 0.3 is 0 Å². The molecule has 0 unspecified atom stereocenters. The highest BCUT2D eigenvalue weighted by Gasteiger charge is 2.24. The number of benzene rings is 2. The van der Waals surface area contributed by atoms with Crippen molar-refractivity contribution >= 4 is 44.1 Å². The van der Waals surface area contributed by atoms with Gasteiger partial charge < -0.3 is 5.32 Å². The highest BCUT2D eigenvalue weighted by molar-refractivity contribution is 7.89. The van der Waals surface area contributed by atoms with Crippen LogP contribution >= 0.6 is 11.6 Å². The van der Waals surface area contributed by atoms with Crippen molar-refractivity contribution in [3.8, 4) is 0 Å². The van der Waals surface area contributed by atoms with Gasteiger partial charge in [0.2, 0.25) is 10.0 Å². The smallest absolute Gasteiger partial charge is 0.257 e. The standard InChI is InChI=1S/C21H22ClN3O3S/c1-4-25(5-2)29(27,28)15-10-11-18(22)17(13-15)21(26)24-20-12-14(3)23-19-9-7-6-8-16(19)20/h6-13H,4-5H2,1-3H3,(H,23,24,26). The van der Waals surface area contributed by atoms with E-state index in [2.05, 4.69) is 10.3 Å². The molecule has 1 aromatic heterocycles. The summed E-state index contributed by atoms with van der Waals surface area (Å²) in [4.78, 5) is 17.4. The number of hydrogen-bond donors (Lipinski definition) is 1. The molecule has 152 valence electrons. The van der Waals surface area contributed by atoms with Crippen LogP contribution in [0, 0.1) is 6.92 Å². The summed E-state index contributed by atoms with van der Waals surface area (Å²) in [7, 11) is -3.70. The van der Waals surface area contributed by atoms with Crippen LogP contribution in [0.2, 0.25) is 5.02 Å². The molecule has 6 nitrogen and oxygen atoms in total. The number of nitrogens with one attached hydrogen (secondary N) is 1. The molecule has 8 heteroatoms. The Labute approximate surface area is 175 Å². The molecule has 0 aliphatic heterocycles. The van der Waals surface area contributed by atoms with Crippen molar-refractivity contribution in [1.29, 1.82) is 0 Å². The number of halogens is 1. The Kier molecular flexibility index (Phi) is 6.21. The molecule has 1 heterocycles. The van der Waals surface area contributed by atoms with Crippen LogP contribution in [0.5, 0.6) is 0 Å². The Morgan fingerprint density at radius 2 is 1.79 bits per heavy atom. The minimum atomic E-state index is -3.70. The summed E-state index contributed by atoms with van der Waals surface area (Å²) in [6.07, 6.45) is 0. The zero-order chi connectivity index (χ0) is 21.2. The fourth-order valence-corrected chi connectivity index (χ4v) is 4.84. The number of rotatable bonds is 6. The molecule has 0 fully saturated rings. The zero-order valence-electron chi connectivity index (χ0n) is 16.4. The fraction of sp³-hybridized carbons (Fsp3) is 0.238. The maximum atomic E-state index is 13.0. The minimum Gasteiger partial charge on any atom is -0.321 e. The number of fused-ring (bicyclic) bond motifs is 1. The molecule has 2 aromatic carbocycles. The van der Waals surface area contributed by atoms with Crippen molar-refractivity contribution in [2.24, 2.45) is 0 Å². The van der Waals surface area contributed by atoms with Crippen molar-refractivity contribution in [3.63, 3.8) is 0 Å². The maximum Gasteiger partial charge on any atom is 0.257 e. The number of carbonyl (C=O) groups is 1. The van der Waals surface area contributed by atoms with Gasteiger partial charge in [-0.05, 0) is 37.3 Å². The second-order valence-electron chi connectivity index (χ2n) is 6.51. The van der Waals surface area contributed by atoms with Gasteiger partial charge in [0.05, 0.1) is 26.7 Å². The molecule has 0 saturated carbocycles. The van der Waals surface area contributed by atoms with E-state index in [1.165, 1.54) is 22.5 Å². The van der Waals surface area contributed by atoms with E-state index in [9.17, 15) is 13.2 Å². The zero-order valence-corrected chi connectivity index (χ0v) is 18.0. The lowest BCUT2D eigenvalue weighted by molar-refractivity contribution is 0.102. The predicted octanol–water partition coefficient (Wildman–Crippen LogP) is 4.48. The average molecular weight is 432 g/mol. The molecule has 3 rings (SSSR count). The van der Waals surface area contributed by atoms with E-state index in [1.54, 1.807) is 19.9 Å². The summed E-state index contributed by atoms with van der Waals surface area (Å²) in [6.45, 7) is 6.05. The molecule has 0 atom stereocenters.